The van der Waals surface area contributed by atoms with Crippen LogP contribution in [-0.2, 0) is 4.74 Å². The van der Waals surface area contributed by atoms with Crippen LogP contribution in [0.1, 0.15) is 26.7 Å². The first-order valence-electron chi connectivity index (χ1n) is 8.86. The molecular formula is C20H20N4O3. The SMILES string of the molecule is Cc1ccccc1NC(=O)c1nc(C(=O)N2CCOCC2)n2ccccc12. The van der Waals surface area contributed by atoms with Gasteiger partial charge in [0.1, 0.15) is 0 Å². The van der Waals surface area contributed by atoms with Gasteiger partial charge in [-0.15, -0.1) is 0 Å². The van der Waals surface area contributed by atoms with Gasteiger partial charge in [0, 0.05) is 25.0 Å². The van der Waals surface area contributed by atoms with E-state index in [1.54, 1.807) is 21.6 Å². The van der Waals surface area contributed by atoms with Crippen LogP contribution < -0.4 is 5.32 Å². The lowest BCUT2D eigenvalue weighted by Gasteiger charge is -2.26. The van der Waals surface area contributed by atoms with Crippen LogP contribution in [0.15, 0.2) is 48.7 Å². The summed E-state index contributed by atoms with van der Waals surface area (Å²) in [7, 11) is 0. The molecule has 0 atom stereocenters. The number of fused-ring (bicyclic) bond motifs is 1. The molecule has 0 radical (unpaired) electrons. The number of aryl methyl sites for hydroxylation is 1. The van der Waals surface area contributed by atoms with Crippen LogP contribution in [0.25, 0.3) is 5.52 Å². The molecule has 7 nitrogen and oxygen atoms in total. The smallest absolute Gasteiger partial charge is 0.290 e. The fourth-order valence-corrected chi connectivity index (χ4v) is 3.16. The van der Waals surface area contributed by atoms with Crippen LogP contribution in [0.5, 0.6) is 0 Å². The number of amides is 2. The normalized spacial score (nSPS) is 14.3. The quantitative estimate of drug-likeness (QED) is 0.774. The van der Waals surface area contributed by atoms with E-state index in [-0.39, 0.29) is 23.3 Å². The number of rotatable bonds is 3. The minimum Gasteiger partial charge on any atom is -0.378 e. The molecule has 3 aromatic rings. The van der Waals surface area contributed by atoms with E-state index in [4.69, 9.17) is 4.74 Å². The van der Waals surface area contributed by atoms with Crippen LogP contribution in [0.2, 0.25) is 0 Å². The molecule has 0 bridgehead atoms. The maximum absolute atomic E-state index is 12.9. The number of morpholine rings is 1. The second kappa shape index (κ2) is 7.20. The number of hydrogen-bond acceptors (Lipinski definition) is 4. The Morgan fingerprint density at radius 2 is 1.81 bits per heavy atom. The van der Waals surface area contributed by atoms with Gasteiger partial charge in [0.05, 0.1) is 18.7 Å². The van der Waals surface area contributed by atoms with Gasteiger partial charge >= 0.3 is 0 Å². The summed E-state index contributed by atoms with van der Waals surface area (Å²) >= 11 is 0. The molecule has 0 spiro atoms. The van der Waals surface area contributed by atoms with Crippen molar-refractivity contribution in [2.75, 3.05) is 31.6 Å². The number of pyridine rings is 1. The third kappa shape index (κ3) is 3.29. The Morgan fingerprint density at radius 1 is 1.07 bits per heavy atom. The molecule has 1 aliphatic rings. The third-order valence-corrected chi connectivity index (χ3v) is 4.65. The molecule has 2 aromatic heterocycles. The molecule has 3 heterocycles. The molecule has 4 rings (SSSR count). The lowest BCUT2D eigenvalue weighted by molar-refractivity contribution is 0.0294. The topological polar surface area (TPSA) is 75.9 Å². The number of anilines is 1. The molecule has 1 aromatic carbocycles. The number of hydrogen-bond donors (Lipinski definition) is 1. The van der Waals surface area contributed by atoms with Crippen molar-refractivity contribution >= 4 is 23.0 Å². The summed E-state index contributed by atoms with van der Waals surface area (Å²) in [6.45, 7) is 3.98. The minimum atomic E-state index is -0.339. The molecule has 1 fully saturated rings. The van der Waals surface area contributed by atoms with Crippen LogP contribution in [-0.4, -0.2) is 52.4 Å². The van der Waals surface area contributed by atoms with E-state index in [9.17, 15) is 9.59 Å². The highest BCUT2D eigenvalue weighted by atomic mass is 16.5. The third-order valence-electron chi connectivity index (χ3n) is 4.65. The monoisotopic (exact) mass is 364 g/mol. The maximum atomic E-state index is 12.9. The summed E-state index contributed by atoms with van der Waals surface area (Å²) in [5.74, 6) is -0.300. The van der Waals surface area contributed by atoms with Gasteiger partial charge in [-0.25, -0.2) is 4.98 Å². The average Bonchev–Trinajstić information content (AvgIpc) is 3.10. The zero-order valence-electron chi connectivity index (χ0n) is 15.0. The van der Waals surface area contributed by atoms with E-state index in [0.29, 0.717) is 31.8 Å². The van der Waals surface area contributed by atoms with Gasteiger partial charge in [-0.3, -0.25) is 14.0 Å². The Kier molecular flexibility index (Phi) is 4.60. The lowest BCUT2D eigenvalue weighted by atomic mass is 10.2. The fourth-order valence-electron chi connectivity index (χ4n) is 3.16. The highest BCUT2D eigenvalue weighted by molar-refractivity contribution is 6.09. The Hall–Kier alpha value is -3.19. The second-order valence-corrected chi connectivity index (χ2v) is 6.41. The van der Waals surface area contributed by atoms with E-state index < -0.39 is 0 Å². The van der Waals surface area contributed by atoms with Gasteiger partial charge < -0.3 is 15.0 Å². The number of carbonyl (C=O) groups is 2. The fraction of sp³-hybridized carbons (Fsp3) is 0.250. The second-order valence-electron chi connectivity index (χ2n) is 6.41. The largest absolute Gasteiger partial charge is 0.378 e. The van der Waals surface area contributed by atoms with Crippen molar-refractivity contribution in [1.29, 1.82) is 0 Å². The first-order chi connectivity index (χ1) is 13.1. The Bertz CT molecular complexity index is 1010. The highest BCUT2D eigenvalue weighted by Gasteiger charge is 2.26. The number of ether oxygens (including phenoxy) is 1. The Labute approximate surface area is 156 Å². The number of para-hydroxylation sites is 1. The summed E-state index contributed by atoms with van der Waals surface area (Å²) in [5, 5.41) is 2.89. The lowest BCUT2D eigenvalue weighted by Crippen LogP contribution is -2.41. The number of imidazole rings is 1. The highest BCUT2D eigenvalue weighted by Crippen LogP contribution is 2.19. The number of carbonyl (C=O) groups excluding carboxylic acids is 2. The van der Waals surface area contributed by atoms with Crippen LogP contribution >= 0.6 is 0 Å². The van der Waals surface area contributed by atoms with Crippen molar-refractivity contribution in [3.8, 4) is 0 Å². The van der Waals surface area contributed by atoms with E-state index in [1.807, 2.05) is 43.3 Å². The minimum absolute atomic E-state index is 0.200. The number of nitrogens with zero attached hydrogens (tertiary/aromatic N) is 3. The van der Waals surface area contributed by atoms with Crippen molar-refractivity contribution in [2.45, 2.75) is 6.92 Å². The molecule has 2 amide bonds. The summed E-state index contributed by atoms with van der Waals surface area (Å²) in [4.78, 5) is 31.9. The number of benzene rings is 1. The average molecular weight is 364 g/mol. The molecule has 0 unspecified atom stereocenters. The van der Waals surface area contributed by atoms with Gasteiger partial charge in [0.25, 0.3) is 11.8 Å². The molecule has 138 valence electrons. The van der Waals surface area contributed by atoms with E-state index in [1.165, 1.54) is 0 Å². The van der Waals surface area contributed by atoms with E-state index in [2.05, 4.69) is 10.3 Å². The molecule has 1 N–H and O–H groups in total. The summed E-state index contributed by atoms with van der Waals surface area (Å²) in [6.07, 6.45) is 1.75. The van der Waals surface area contributed by atoms with Gasteiger partial charge in [0.15, 0.2) is 5.69 Å². The Balaban J connectivity index is 1.70. The standard InChI is InChI=1S/C20H20N4O3/c1-14-6-2-3-7-15(14)21-19(25)17-16-8-4-5-9-24(16)18(22-17)20(26)23-10-12-27-13-11-23/h2-9H,10-13H2,1H3,(H,21,25). The molecule has 1 saturated heterocycles. The van der Waals surface area contributed by atoms with E-state index >= 15 is 0 Å². The van der Waals surface area contributed by atoms with E-state index in [0.717, 1.165) is 11.3 Å². The van der Waals surface area contributed by atoms with Crippen LogP contribution in [0, 0.1) is 6.92 Å². The molecule has 7 heteroatoms. The van der Waals surface area contributed by atoms with Crippen molar-refractivity contribution in [3.63, 3.8) is 0 Å². The maximum Gasteiger partial charge on any atom is 0.290 e. The number of nitrogens with one attached hydrogen (secondary N) is 1. The molecular weight excluding hydrogens is 344 g/mol. The van der Waals surface area contributed by atoms with Crippen molar-refractivity contribution in [2.24, 2.45) is 0 Å². The van der Waals surface area contributed by atoms with Gasteiger partial charge in [-0.2, -0.15) is 0 Å². The predicted molar refractivity (Wildman–Crippen MR) is 101 cm³/mol. The van der Waals surface area contributed by atoms with Crippen molar-refractivity contribution in [3.05, 3.63) is 65.7 Å². The van der Waals surface area contributed by atoms with Gasteiger partial charge in [0.2, 0.25) is 5.82 Å². The van der Waals surface area contributed by atoms with Gasteiger partial charge in [-0.05, 0) is 30.7 Å². The Morgan fingerprint density at radius 3 is 2.59 bits per heavy atom. The van der Waals surface area contributed by atoms with Crippen molar-refractivity contribution < 1.29 is 14.3 Å². The molecule has 27 heavy (non-hydrogen) atoms. The first-order valence-corrected chi connectivity index (χ1v) is 8.86. The molecule has 0 aliphatic carbocycles. The van der Waals surface area contributed by atoms with Crippen LogP contribution in [0.4, 0.5) is 5.69 Å². The van der Waals surface area contributed by atoms with Gasteiger partial charge in [-0.1, -0.05) is 24.3 Å². The predicted octanol–water partition coefficient (Wildman–Crippen LogP) is 2.37. The summed E-state index contributed by atoms with van der Waals surface area (Å²) in [6, 6.07) is 13.0. The molecule has 1 aliphatic heterocycles. The van der Waals surface area contributed by atoms with Crippen molar-refractivity contribution in [1.82, 2.24) is 14.3 Å². The summed E-state index contributed by atoms with van der Waals surface area (Å²) < 4.78 is 6.98. The first kappa shape index (κ1) is 17.2. The zero-order chi connectivity index (χ0) is 18.8. The number of aromatic nitrogens is 2. The van der Waals surface area contributed by atoms with Crippen LogP contribution in [0.3, 0.4) is 0 Å². The zero-order valence-corrected chi connectivity index (χ0v) is 15.0. The summed E-state index contributed by atoms with van der Waals surface area (Å²) in [5.41, 5.74) is 2.51. The molecule has 0 saturated carbocycles.